The molecule has 0 aromatic carbocycles. The summed E-state index contributed by atoms with van der Waals surface area (Å²) >= 11 is 0. The molecule has 5 heteroatoms. The van der Waals surface area contributed by atoms with E-state index in [2.05, 4.69) is 0 Å². The molecule has 0 aromatic rings. The fraction of sp³-hybridized carbons (Fsp3) is 0.750. The molecule has 0 atom stereocenters. The number of carbonyl (C=O) groups is 1. The molecule has 0 saturated carbocycles. The summed E-state index contributed by atoms with van der Waals surface area (Å²) in [6, 6.07) is 0. The Morgan fingerprint density at radius 1 is 1.41 bits per heavy atom. The Bertz CT molecular complexity index is 376. The Hall–Kier alpha value is -0.760. The standard InChI is InChI=1S/C12H22NO3P/c1-12(2,3)16-11(14)13-8-6-10(7-9-13)17(4,5)15/h6H,7-9H2,1-5H3. The van der Waals surface area contributed by atoms with E-state index in [1.165, 1.54) is 0 Å². The maximum absolute atomic E-state index is 11.9. The van der Waals surface area contributed by atoms with Crippen LogP contribution in [0.3, 0.4) is 0 Å². The van der Waals surface area contributed by atoms with Crippen LogP contribution < -0.4 is 0 Å². The van der Waals surface area contributed by atoms with Gasteiger partial charge in [0.2, 0.25) is 0 Å². The predicted molar refractivity (Wildman–Crippen MR) is 70.0 cm³/mol. The SMILES string of the molecule is CC(C)(C)OC(=O)N1CC=C(P(C)(C)=O)CC1. The van der Waals surface area contributed by atoms with Crippen molar-refractivity contribution in [2.24, 2.45) is 0 Å². The molecule has 1 aliphatic heterocycles. The van der Waals surface area contributed by atoms with E-state index in [-0.39, 0.29) is 6.09 Å². The van der Waals surface area contributed by atoms with Crippen LogP contribution in [0, 0.1) is 0 Å². The van der Waals surface area contributed by atoms with Crippen molar-refractivity contribution < 1.29 is 14.1 Å². The minimum absolute atomic E-state index is 0.296. The molecule has 17 heavy (non-hydrogen) atoms. The van der Waals surface area contributed by atoms with E-state index in [0.29, 0.717) is 19.5 Å². The summed E-state index contributed by atoms with van der Waals surface area (Å²) in [4.78, 5) is 13.4. The van der Waals surface area contributed by atoms with Crippen molar-refractivity contribution in [1.82, 2.24) is 4.90 Å². The highest BCUT2D eigenvalue weighted by molar-refractivity contribution is 7.66. The highest BCUT2D eigenvalue weighted by Gasteiger charge is 2.26. The van der Waals surface area contributed by atoms with Gasteiger partial charge in [-0.1, -0.05) is 6.08 Å². The second kappa shape index (κ2) is 4.85. The molecule has 0 N–H and O–H groups in total. The first kappa shape index (κ1) is 14.3. The fourth-order valence-electron chi connectivity index (χ4n) is 1.64. The number of hydrogen-bond acceptors (Lipinski definition) is 3. The third-order valence-electron chi connectivity index (χ3n) is 2.53. The lowest BCUT2D eigenvalue weighted by molar-refractivity contribution is 0.0267. The third-order valence-corrected chi connectivity index (χ3v) is 4.32. The van der Waals surface area contributed by atoms with Crippen LogP contribution in [0.1, 0.15) is 27.2 Å². The van der Waals surface area contributed by atoms with Gasteiger partial charge >= 0.3 is 6.09 Å². The van der Waals surface area contributed by atoms with E-state index in [1.54, 1.807) is 18.2 Å². The minimum Gasteiger partial charge on any atom is -0.444 e. The molecule has 0 unspecified atom stereocenters. The lowest BCUT2D eigenvalue weighted by atomic mass is 10.2. The predicted octanol–water partition coefficient (Wildman–Crippen LogP) is 3.13. The van der Waals surface area contributed by atoms with Gasteiger partial charge in [-0.05, 0) is 45.8 Å². The van der Waals surface area contributed by atoms with Crippen molar-refractivity contribution in [3.8, 4) is 0 Å². The van der Waals surface area contributed by atoms with Gasteiger partial charge in [-0.25, -0.2) is 4.79 Å². The Balaban J connectivity index is 2.61. The number of carbonyl (C=O) groups excluding carboxylic acids is 1. The van der Waals surface area contributed by atoms with E-state index < -0.39 is 12.7 Å². The van der Waals surface area contributed by atoms with Gasteiger partial charge in [-0.3, -0.25) is 0 Å². The van der Waals surface area contributed by atoms with E-state index in [9.17, 15) is 9.36 Å². The van der Waals surface area contributed by atoms with Gasteiger partial charge in [-0.2, -0.15) is 0 Å². The van der Waals surface area contributed by atoms with Crippen molar-refractivity contribution in [3.05, 3.63) is 11.4 Å². The first-order valence-corrected chi connectivity index (χ1v) is 8.42. The molecule has 98 valence electrons. The van der Waals surface area contributed by atoms with Crippen molar-refractivity contribution in [2.45, 2.75) is 32.8 Å². The fourth-order valence-corrected chi connectivity index (χ4v) is 2.80. The van der Waals surface area contributed by atoms with E-state index in [4.69, 9.17) is 4.74 Å². The highest BCUT2D eigenvalue weighted by atomic mass is 31.2. The highest BCUT2D eigenvalue weighted by Crippen LogP contribution is 2.48. The van der Waals surface area contributed by atoms with Crippen LogP contribution in [0.4, 0.5) is 4.79 Å². The molecule has 1 heterocycles. The van der Waals surface area contributed by atoms with Crippen molar-refractivity contribution in [1.29, 1.82) is 0 Å². The molecule has 0 aromatic heterocycles. The molecule has 1 aliphatic rings. The quantitative estimate of drug-likeness (QED) is 0.680. The second-order valence-corrected chi connectivity index (χ2v) is 9.00. The van der Waals surface area contributed by atoms with Gasteiger partial charge in [0, 0.05) is 13.1 Å². The number of rotatable bonds is 1. The zero-order chi connectivity index (χ0) is 13.3. The largest absolute Gasteiger partial charge is 0.444 e. The molecule has 0 aliphatic carbocycles. The van der Waals surface area contributed by atoms with Gasteiger partial charge in [0.1, 0.15) is 12.7 Å². The molecule has 0 saturated heterocycles. The van der Waals surface area contributed by atoms with Crippen molar-refractivity contribution in [3.63, 3.8) is 0 Å². The summed E-state index contributed by atoms with van der Waals surface area (Å²) in [5.41, 5.74) is -0.466. The molecular weight excluding hydrogens is 237 g/mol. The van der Waals surface area contributed by atoms with Crippen LogP contribution in [0.25, 0.3) is 0 Å². The van der Waals surface area contributed by atoms with Gasteiger partial charge in [0.05, 0.1) is 0 Å². The van der Waals surface area contributed by atoms with E-state index >= 15 is 0 Å². The summed E-state index contributed by atoms with van der Waals surface area (Å²) < 4.78 is 17.2. The topological polar surface area (TPSA) is 46.6 Å². The number of amides is 1. The summed E-state index contributed by atoms with van der Waals surface area (Å²) in [7, 11) is -2.16. The molecular formula is C12H22NO3P. The van der Waals surface area contributed by atoms with Crippen LogP contribution in [-0.4, -0.2) is 43.0 Å². The molecule has 0 spiro atoms. The zero-order valence-electron chi connectivity index (χ0n) is 11.3. The lowest BCUT2D eigenvalue weighted by Gasteiger charge is -2.30. The smallest absolute Gasteiger partial charge is 0.410 e. The lowest BCUT2D eigenvalue weighted by Crippen LogP contribution is -2.39. The monoisotopic (exact) mass is 259 g/mol. The number of nitrogens with zero attached hydrogens (tertiary/aromatic N) is 1. The maximum atomic E-state index is 11.9. The van der Waals surface area contributed by atoms with Gasteiger partial charge in [0.25, 0.3) is 0 Å². The number of ether oxygens (including phenoxy) is 1. The van der Waals surface area contributed by atoms with Crippen LogP contribution in [0.5, 0.6) is 0 Å². The first-order chi connectivity index (χ1) is 7.59. The molecule has 0 radical (unpaired) electrons. The summed E-state index contributed by atoms with van der Waals surface area (Å²) in [5, 5.41) is 0.984. The maximum Gasteiger partial charge on any atom is 0.410 e. The molecule has 0 bridgehead atoms. The Morgan fingerprint density at radius 2 is 2.00 bits per heavy atom. The van der Waals surface area contributed by atoms with Crippen LogP contribution >= 0.6 is 7.14 Å². The van der Waals surface area contributed by atoms with Crippen LogP contribution in [0.2, 0.25) is 0 Å². The van der Waals surface area contributed by atoms with E-state index in [0.717, 1.165) is 5.31 Å². The van der Waals surface area contributed by atoms with Crippen molar-refractivity contribution in [2.75, 3.05) is 26.4 Å². The van der Waals surface area contributed by atoms with Crippen LogP contribution in [-0.2, 0) is 9.30 Å². The Labute approximate surface area is 103 Å². The number of hydrogen-bond donors (Lipinski definition) is 0. The summed E-state index contributed by atoms with van der Waals surface area (Å²) in [5.74, 6) is 0. The second-order valence-electron chi connectivity index (χ2n) is 5.72. The van der Waals surface area contributed by atoms with Crippen molar-refractivity contribution >= 4 is 13.2 Å². The Morgan fingerprint density at radius 3 is 2.35 bits per heavy atom. The average Bonchev–Trinajstić information content (AvgIpc) is 2.14. The zero-order valence-corrected chi connectivity index (χ0v) is 12.2. The van der Waals surface area contributed by atoms with Gasteiger partial charge < -0.3 is 14.2 Å². The van der Waals surface area contributed by atoms with Gasteiger partial charge in [0.15, 0.2) is 0 Å². The summed E-state index contributed by atoms with van der Waals surface area (Å²) in [6.45, 7) is 10.2. The molecule has 1 rings (SSSR count). The molecule has 0 fully saturated rings. The first-order valence-electron chi connectivity index (χ1n) is 5.82. The van der Waals surface area contributed by atoms with Crippen LogP contribution in [0.15, 0.2) is 11.4 Å². The minimum atomic E-state index is -2.16. The average molecular weight is 259 g/mol. The normalized spacial score (nSPS) is 17.7. The molecule has 4 nitrogen and oxygen atoms in total. The van der Waals surface area contributed by atoms with Gasteiger partial charge in [-0.15, -0.1) is 0 Å². The molecule has 1 amide bonds. The Kier molecular flexibility index (Phi) is 4.08. The third kappa shape index (κ3) is 4.55. The summed E-state index contributed by atoms with van der Waals surface area (Å²) in [6.07, 6.45) is 2.28. The van der Waals surface area contributed by atoms with E-state index in [1.807, 2.05) is 26.8 Å².